The first kappa shape index (κ1) is 23.6. The molecule has 0 aliphatic carbocycles. The van der Waals surface area contributed by atoms with Crippen LogP contribution in [0.5, 0.6) is 5.88 Å². The van der Waals surface area contributed by atoms with Crippen LogP contribution in [0, 0.1) is 18.3 Å². The summed E-state index contributed by atoms with van der Waals surface area (Å²) in [4.78, 5) is 36.7. The Morgan fingerprint density at radius 2 is 2.12 bits per heavy atom. The van der Waals surface area contributed by atoms with Crippen molar-refractivity contribution in [3.05, 3.63) is 35.5 Å². The van der Waals surface area contributed by atoms with Crippen LogP contribution in [0.3, 0.4) is 0 Å². The number of aromatic amines is 1. The lowest BCUT2D eigenvalue weighted by Crippen LogP contribution is -2.42. The molecular weight excluding hydrogens is 414 g/mol. The van der Waals surface area contributed by atoms with Gasteiger partial charge < -0.3 is 19.6 Å². The van der Waals surface area contributed by atoms with Gasteiger partial charge in [0.2, 0.25) is 5.88 Å². The molecule has 32 heavy (non-hydrogen) atoms. The Balaban J connectivity index is 0.000000913. The van der Waals surface area contributed by atoms with Crippen molar-refractivity contribution in [2.45, 2.75) is 13.5 Å². The largest absolute Gasteiger partial charge is 0.483 e. The van der Waals surface area contributed by atoms with Crippen LogP contribution in [0.2, 0.25) is 0 Å². The van der Waals surface area contributed by atoms with Crippen LogP contribution in [0.15, 0.2) is 18.3 Å². The summed E-state index contributed by atoms with van der Waals surface area (Å²) in [6, 6.07) is 3.53. The molecule has 4 heterocycles. The van der Waals surface area contributed by atoms with Crippen molar-refractivity contribution in [1.29, 1.82) is 0 Å². The van der Waals surface area contributed by atoms with E-state index in [0.717, 1.165) is 50.9 Å². The van der Waals surface area contributed by atoms with Crippen LogP contribution in [-0.4, -0.2) is 106 Å². The summed E-state index contributed by atoms with van der Waals surface area (Å²) in [6.45, 7) is 6.77. The fourth-order valence-corrected chi connectivity index (χ4v) is 4.89. The molecule has 2 aromatic heterocycles. The van der Waals surface area contributed by atoms with Crippen molar-refractivity contribution in [1.82, 2.24) is 34.9 Å². The normalized spacial score (nSPS) is 22.4. The molecule has 0 unspecified atom stereocenters. The number of likely N-dealkylation sites (tertiary alicyclic amines) is 2. The van der Waals surface area contributed by atoms with Crippen molar-refractivity contribution in [3.8, 4) is 5.88 Å². The van der Waals surface area contributed by atoms with Crippen LogP contribution in [-0.2, 0) is 11.3 Å². The molecule has 0 radical (unpaired) electrons. The second-order valence-corrected chi connectivity index (χ2v) is 8.68. The number of rotatable bonds is 6. The Labute approximate surface area is 187 Å². The lowest BCUT2D eigenvalue weighted by atomic mass is 9.80. The maximum atomic E-state index is 13.1. The van der Waals surface area contributed by atoms with E-state index in [1.807, 2.05) is 11.8 Å². The maximum absolute atomic E-state index is 13.1. The molecule has 11 nitrogen and oxygen atoms in total. The molecule has 2 aliphatic rings. The average Bonchev–Trinajstić information content (AvgIpc) is 3.39. The minimum absolute atomic E-state index is 0.0452. The van der Waals surface area contributed by atoms with Crippen molar-refractivity contribution < 1.29 is 19.4 Å². The lowest BCUT2D eigenvalue weighted by molar-refractivity contribution is -0.122. The Bertz CT molecular complexity index is 917. The number of carboxylic acid groups (broad SMARTS) is 1. The molecule has 2 fully saturated rings. The molecule has 2 aromatic rings. The van der Waals surface area contributed by atoms with Gasteiger partial charge in [0.15, 0.2) is 5.82 Å². The molecule has 0 aromatic carbocycles. The van der Waals surface area contributed by atoms with Crippen molar-refractivity contribution >= 4 is 12.4 Å². The molecule has 2 saturated heterocycles. The Morgan fingerprint density at radius 3 is 2.69 bits per heavy atom. The highest BCUT2D eigenvalue weighted by Crippen LogP contribution is 2.43. The Kier molecular flexibility index (Phi) is 7.41. The maximum Gasteiger partial charge on any atom is 0.290 e. The number of hydrogen-bond donors (Lipinski definition) is 2. The minimum Gasteiger partial charge on any atom is -0.483 e. The van der Waals surface area contributed by atoms with Crippen LogP contribution in [0.4, 0.5) is 0 Å². The summed E-state index contributed by atoms with van der Waals surface area (Å²) in [7, 11) is 5.78. The van der Waals surface area contributed by atoms with E-state index in [9.17, 15) is 4.79 Å². The Hall–Kier alpha value is -3.05. The van der Waals surface area contributed by atoms with E-state index in [4.69, 9.17) is 14.6 Å². The molecule has 2 atom stereocenters. The van der Waals surface area contributed by atoms with Gasteiger partial charge in [0.05, 0.1) is 19.2 Å². The third kappa shape index (κ3) is 5.22. The molecule has 11 heteroatoms. The van der Waals surface area contributed by atoms with E-state index in [-0.39, 0.29) is 17.8 Å². The third-order valence-corrected chi connectivity index (χ3v) is 5.95. The fraction of sp³-hybridized carbons (Fsp3) is 0.571. The number of methoxy groups -OCH3 is 1. The van der Waals surface area contributed by atoms with Gasteiger partial charge in [-0.15, -0.1) is 0 Å². The zero-order chi connectivity index (χ0) is 23.3. The number of hydrogen-bond acceptors (Lipinski definition) is 8. The quantitative estimate of drug-likeness (QED) is 0.606. The summed E-state index contributed by atoms with van der Waals surface area (Å²) in [5.74, 6) is 2.66. The van der Waals surface area contributed by atoms with E-state index in [2.05, 4.69) is 44.1 Å². The number of nitrogens with one attached hydrogen (secondary N) is 1. The van der Waals surface area contributed by atoms with E-state index >= 15 is 0 Å². The monoisotopic (exact) mass is 445 g/mol. The summed E-state index contributed by atoms with van der Waals surface area (Å²) in [5, 5.41) is 14.1. The number of pyridine rings is 1. The topological polar surface area (TPSA) is 128 Å². The number of aryl methyl sites for hydroxylation is 1. The number of carbonyl (C=O) groups excluding carboxylic acids is 1. The number of aromatic nitrogens is 4. The van der Waals surface area contributed by atoms with E-state index in [1.54, 1.807) is 25.4 Å². The van der Waals surface area contributed by atoms with E-state index < -0.39 is 0 Å². The first-order valence-electron chi connectivity index (χ1n) is 10.4. The van der Waals surface area contributed by atoms with Gasteiger partial charge in [-0.05, 0) is 33.0 Å². The second kappa shape index (κ2) is 10.0. The highest BCUT2D eigenvalue weighted by molar-refractivity contribution is 5.94. The predicted molar refractivity (Wildman–Crippen MR) is 116 cm³/mol. The second-order valence-electron chi connectivity index (χ2n) is 8.68. The summed E-state index contributed by atoms with van der Waals surface area (Å²) < 4.78 is 5.10. The minimum atomic E-state index is -0.250. The van der Waals surface area contributed by atoms with Gasteiger partial charge in [0, 0.05) is 50.4 Å². The fourth-order valence-electron chi connectivity index (χ4n) is 4.89. The van der Waals surface area contributed by atoms with Gasteiger partial charge in [0.1, 0.15) is 5.82 Å². The van der Waals surface area contributed by atoms with Gasteiger partial charge >= 0.3 is 0 Å². The molecule has 0 bridgehead atoms. The molecular formula is C21H31N7O4. The first-order valence-corrected chi connectivity index (χ1v) is 10.4. The third-order valence-electron chi connectivity index (χ3n) is 5.95. The van der Waals surface area contributed by atoms with Crippen molar-refractivity contribution in [3.63, 3.8) is 0 Å². The molecule has 4 rings (SSSR count). The molecule has 2 aliphatic heterocycles. The lowest BCUT2D eigenvalue weighted by Gasteiger charge is -2.32. The number of H-pyrrole nitrogens is 1. The number of carbonyl (C=O) groups is 2. The zero-order valence-corrected chi connectivity index (χ0v) is 19.0. The average molecular weight is 446 g/mol. The van der Waals surface area contributed by atoms with Crippen LogP contribution >= 0.6 is 0 Å². The van der Waals surface area contributed by atoms with Crippen LogP contribution in [0.25, 0.3) is 0 Å². The van der Waals surface area contributed by atoms with E-state index in [1.165, 1.54) is 0 Å². The highest BCUT2D eigenvalue weighted by atomic mass is 16.5. The molecule has 1 amide bonds. The SMILES string of the molecule is COc1ccc(C(=O)N2C[C@@H]3CN(Cc4n[nH]c(C)n4)C[C@]3(CN(C)C)C2)cn1.O=CO. The van der Waals surface area contributed by atoms with Crippen molar-refractivity contribution in [2.24, 2.45) is 11.3 Å². The van der Waals surface area contributed by atoms with E-state index in [0.29, 0.717) is 17.4 Å². The van der Waals surface area contributed by atoms with Crippen molar-refractivity contribution in [2.75, 3.05) is 53.9 Å². The van der Waals surface area contributed by atoms with Gasteiger partial charge in [-0.1, -0.05) is 0 Å². The summed E-state index contributed by atoms with van der Waals surface area (Å²) in [5.41, 5.74) is 0.670. The number of ether oxygens (including phenoxy) is 1. The van der Waals surface area contributed by atoms with Gasteiger partial charge in [-0.2, -0.15) is 5.10 Å². The van der Waals surface area contributed by atoms with Gasteiger partial charge in [-0.25, -0.2) is 9.97 Å². The van der Waals surface area contributed by atoms with Crippen LogP contribution in [0.1, 0.15) is 22.0 Å². The number of fused-ring (bicyclic) bond motifs is 1. The van der Waals surface area contributed by atoms with Gasteiger partial charge in [-0.3, -0.25) is 19.6 Å². The smallest absolute Gasteiger partial charge is 0.290 e. The molecule has 0 saturated carbocycles. The van der Waals surface area contributed by atoms with Crippen LogP contribution < -0.4 is 4.74 Å². The first-order chi connectivity index (χ1) is 15.3. The molecule has 174 valence electrons. The standard InChI is InChI=1S/C20H29N7O2.CH2O2/c1-14-22-17(24-23-14)10-26-8-16-9-27(13-20(16,12-26)11-25(2)3)19(28)15-5-6-18(29-4)21-7-15;2-1-3/h5-7,16H,8-13H2,1-4H3,(H,22,23,24);1H,(H,2,3)/t16-,20+;/m0./s1. The van der Waals surface area contributed by atoms with Gasteiger partial charge in [0.25, 0.3) is 12.4 Å². The summed E-state index contributed by atoms with van der Waals surface area (Å²) >= 11 is 0. The highest BCUT2D eigenvalue weighted by Gasteiger charge is 2.53. The number of nitrogens with zero attached hydrogens (tertiary/aromatic N) is 6. The Morgan fingerprint density at radius 1 is 1.38 bits per heavy atom. The number of amides is 1. The summed E-state index contributed by atoms with van der Waals surface area (Å²) in [6.07, 6.45) is 1.60. The predicted octanol–water partition coefficient (Wildman–Crippen LogP) is 0.353. The zero-order valence-electron chi connectivity index (χ0n) is 19.0. The molecule has 2 N–H and O–H groups in total. The molecule has 0 spiro atoms.